The van der Waals surface area contributed by atoms with Crippen LogP contribution in [0.4, 0.5) is 5.69 Å². The summed E-state index contributed by atoms with van der Waals surface area (Å²) in [5.74, 6) is -0.616. The van der Waals surface area contributed by atoms with Crippen LogP contribution in [0.3, 0.4) is 0 Å². The smallest absolute Gasteiger partial charge is 0.350 e. The van der Waals surface area contributed by atoms with Gasteiger partial charge in [0, 0.05) is 4.88 Å². The van der Waals surface area contributed by atoms with Crippen LogP contribution in [0.15, 0.2) is 22.9 Å². The number of thiophene rings is 2. The van der Waals surface area contributed by atoms with E-state index in [4.69, 9.17) is 9.47 Å². The molecule has 5 nitrogen and oxygen atoms in total. The largest absolute Gasteiger partial charge is 0.465 e. The Bertz CT molecular complexity index is 691. The predicted molar refractivity (Wildman–Crippen MR) is 85.6 cm³/mol. The van der Waals surface area contributed by atoms with Crippen LogP contribution in [0.2, 0.25) is 0 Å². The van der Waals surface area contributed by atoms with Crippen molar-refractivity contribution in [2.45, 2.75) is 18.9 Å². The van der Waals surface area contributed by atoms with Gasteiger partial charge in [0.2, 0.25) is 5.91 Å². The molecule has 0 spiro atoms. The highest BCUT2D eigenvalue weighted by atomic mass is 32.1. The maximum Gasteiger partial charge on any atom is 0.350 e. The Morgan fingerprint density at radius 2 is 2.18 bits per heavy atom. The Hall–Kier alpha value is -1.70. The molecule has 2 aromatic rings. The Morgan fingerprint density at radius 3 is 3.00 bits per heavy atom. The molecule has 7 heteroatoms. The van der Waals surface area contributed by atoms with E-state index in [0.717, 1.165) is 11.3 Å². The van der Waals surface area contributed by atoms with Gasteiger partial charge in [-0.3, -0.25) is 4.79 Å². The summed E-state index contributed by atoms with van der Waals surface area (Å²) in [5, 5.41) is 6.54. The zero-order chi connectivity index (χ0) is 15.5. The highest BCUT2D eigenvalue weighted by Crippen LogP contribution is 2.34. The first-order chi connectivity index (χ1) is 10.7. The third-order valence-electron chi connectivity index (χ3n) is 3.44. The number of carbonyl (C=O) groups excluding carboxylic acids is 2. The van der Waals surface area contributed by atoms with Crippen LogP contribution < -0.4 is 5.32 Å². The molecule has 0 saturated carbocycles. The van der Waals surface area contributed by atoms with E-state index < -0.39 is 5.97 Å². The summed E-state index contributed by atoms with van der Waals surface area (Å²) < 4.78 is 10.4. The Balaban J connectivity index is 1.67. The minimum atomic E-state index is -0.445. The van der Waals surface area contributed by atoms with Gasteiger partial charge in [0.15, 0.2) is 0 Å². The quantitative estimate of drug-likeness (QED) is 0.870. The molecule has 116 valence electrons. The maximum absolute atomic E-state index is 12.2. The maximum atomic E-state index is 12.2. The van der Waals surface area contributed by atoms with Gasteiger partial charge in [-0.05, 0) is 34.9 Å². The molecule has 0 fully saturated rings. The second-order valence-electron chi connectivity index (χ2n) is 4.83. The first kappa shape index (κ1) is 15.2. The standard InChI is InChI=1S/C15H15NO4S2/c1-19-15(18)14-10(4-7-22-14)16-12(17)8-11-13-9(2-5-20-11)3-6-21-13/h3-4,6-7,11H,2,5,8H2,1H3,(H,16,17). The number of nitrogens with one attached hydrogen (secondary N) is 1. The number of anilines is 1. The number of ether oxygens (including phenoxy) is 2. The van der Waals surface area contributed by atoms with Crippen molar-refractivity contribution < 1.29 is 19.1 Å². The highest BCUT2D eigenvalue weighted by molar-refractivity contribution is 7.12. The van der Waals surface area contributed by atoms with Crippen molar-refractivity contribution in [3.05, 3.63) is 38.2 Å². The summed E-state index contributed by atoms with van der Waals surface area (Å²) in [7, 11) is 1.32. The van der Waals surface area contributed by atoms with Crippen LogP contribution in [0.25, 0.3) is 0 Å². The molecular weight excluding hydrogens is 322 g/mol. The first-order valence-corrected chi connectivity index (χ1v) is 8.58. The molecule has 1 aliphatic rings. The number of methoxy groups -OCH3 is 1. The van der Waals surface area contributed by atoms with Crippen LogP contribution in [0.5, 0.6) is 0 Å². The summed E-state index contributed by atoms with van der Waals surface area (Å²) in [6, 6.07) is 3.79. The average molecular weight is 337 g/mol. The zero-order valence-electron chi connectivity index (χ0n) is 12.0. The fraction of sp³-hybridized carbons (Fsp3) is 0.333. The van der Waals surface area contributed by atoms with E-state index in [9.17, 15) is 9.59 Å². The highest BCUT2D eigenvalue weighted by Gasteiger charge is 2.25. The van der Waals surface area contributed by atoms with Crippen molar-refractivity contribution in [2.24, 2.45) is 0 Å². The van der Waals surface area contributed by atoms with Crippen LogP contribution in [0, 0.1) is 0 Å². The van der Waals surface area contributed by atoms with Crippen LogP contribution in [0.1, 0.15) is 32.6 Å². The van der Waals surface area contributed by atoms with Gasteiger partial charge in [-0.1, -0.05) is 0 Å². The van der Waals surface area contributed by atoms with Crippen LogP contribution in [-0.4, -0.2) is 25.6 Å². The summed E-state index contributed by atoms with van der Waals surface area (Å²) in [6.07, 6.45) is 0.932. The van der Waals surface area contributed by atoms with Gasteiger partial charge in [-0.25, -0.2) is 4.79 Å². The van der Waals surface area contributed by atoms with Crippen molar-refractivity contribution in [2.75, 3.05) is 19.0 Å². The molecule has 1 N–H and O–H groups in total. The minimum Gasteiger partial charge on any atom is -0.465 e. The summed E-state index contributed by atoms with van der Waals surface area (Å²) in [4.78, 5) is 25.4. The van der Waals surface area contributed by atoms with E-state index in [1.807, 2.05) is 5.38 Å². The lowest BCUT2D eigenvalue weighted by atomic mass is 10.1. The third-order valence-corrected chi connectivity index (χ3v) is 5.39. The lowest BCUT2D eigenvalue weighted by molar-refractivity contribution is -0.119. The molecule has 1 atom stereocenters. The molecule has 0 aliphatic carbocycles. The van der Waals surface area contributed by atoms with E-state index >= 15 is 0 Å². The van der Waals surface area contributed by atoms with Gasteiger partial charge in [-0.2, -0.15) is 0 Å². The summed E-state index contributed by atoms with van der Waals surface area (Å²) >= 11 is 2.86. The molecule has 0 radical (unpaired) electrons. The second-order valence-corrected chi connectivity index (χ2v) is 6.69. The molecule has 22 heavy (non-hydrogen) atoms. The lowest BCUT2D eigenvalue weighted by Gasteiger charge is -2.22. The van der Waals surface area contributed by atoms with E-state index in [-0.39, 0.29) is 18.4 Å². The monoisotopic (exact) mass is 337 g/mol. The molecule has 1 aliphatic heterocycles. The van der Waals surface area contributed by atoms with E-state index in [2.05, 4.69) is 11.4 Å². The van der Waals surface area contributed by atoms with Gasteiger partial charge < -0.3 is 14.8 Å². The van der Waals surface area contributed by atoms with E-state index in [0.29, 0.717) is 17.2 Å². The fourth-order valence-electron chi connectivity index (χ4n) is 2.40. The van der Waals surface area contributed by atoms with Crippen LogP contribution >= 0.6 is 22.7 Å². The van der Waals surface area contributed by atoms with Gasteiger partial charge in [0.25, 0.3) is 0 Å². The van der Waals surface area contributed by atoms with Gasteiger partial charge >= 0.3 is 5.97 Å². The molecule has 0 aromatic carbocycles. The average Bonchev–Trinajstić information content (AvgIpc) is 3.15. The molecule has 0 bridgehead atoms. The SMILES string of the molecule is COC(=O)c1sccc1NC(=O)CC1OCCc2ccsc21. The van der Waals surface area contributed by atoms with Crippen molar-refractivity contribution in [3.63, 3.8) is 0 Å². The van der Waals surface area contributed by atoms with Crippen molar-refractivity contribution in [1.82, 2.24) is 0 Å². The zero-order valence-corrected chi connectivity index (χ0v) is 13.6. The second kappa shape index (κ2) is 6.60. The number of carbonyl (C=O) groups is 2. The molecule has 1 amide bonds. The van der Waals surface area contributed by atoms with Gasteiger partial charge in [0.1, 0.15) is 11.0 Å². The molecule has 3 rings (SSSR count). The summed E-state index contributed by atoms with van der Waals surface area (Å²) in [5.41, 5.74) is 1.75. The topological polar surface area (TPSA) is 64.6 Å². The van der Waals surface area contributed by atoms with Gasteiger partial charge in [-0.15, -0.1) is 22.7 Å². The Morgan fingerprint density at radius 1 is 1.36 bits per heavy atom. The Labute approximate surface area is 135 Å². The predicted octanol–water partition coefficient (Wildman–Crippen LogP) is 3.24. The number of esters is 1. The fourth-order valence-corrected chi connectivity index (χ4v) is 4.17. The molecule has 3 heterocycles. The number of rotatable bonds is 4. The summed E-state index contributed by atoms with van der Waals surface area (Å²) in [6.45, 7) is 0.632. The van der Waals surface area contributed by atoms with E-state index in [1.165, 1.54) is 24.0 Å². The lowest BCUT2D eigenvalue weighted by Crippen LogP contribution is -2.21. The van der Waals surface area contributed by atoms with Crippen LogP contribution in [-0.2, 0) is 20.7 Å². The number of hydrogen-bond donors (Lipinski definition) is 1. The number of fused-ring (bicyclic) bond motifs is 1. The number of hydrogen-bond acceptors (Lipinski definition) is 6. The normalized spacial score (nSPS) is 16.9. The van der Waals surface area contributed by atoms with Crippen molar-refractivity contribution >= 4 is 40.2 Å². The first-order valence-electron chi connectivity index (χ1n) is 6.82. The van der Waals surface area contributed by atoms with Gasteiger partial charge in [0.05, 0.1) is 25.8 Å². The Kier molecular flexibility index (Phi) is 4.56. The minimum absolute atomic E-state index is 0.171. The van der Waals surface area contributed by atoms with E-state index in [1.54, 1.807) is 22.8 Å². The number of amides is 1. The van der Waals surface area contributed by atoms with Crippen molar-refractivity contribution in [1.29, 1.82) is 0 Å². The molecular formula is C15H15NO4S2. The van der Waals surface area contributed by atoms with Crippen molar-refractivity contribution in [3.8, 4) is 0 Å². The molecule has 1 unspecified atom stereocenters. The molecule has 0 saturated heterocycles. The third kappa shape index (κ3) is 3.06. The molecule has 2 aromatic heterocycles.